The van der Waals surface area contributed by atoms with E-state index in [1.165, 1.54) is 19.3 Å². The molecule has 0 atom stereocenters. The lowest BCUT2D eigenvalue weighted by Crippen LogP contribution is -2.43. The van der Waals surface area contributed by atoms with Gasteiger partial charge in [0.15, 0.2) is 0 Å². The van der Waals surface area contributed by atoms with Crippen LogP contribution >= 0.6 is 0 Å². The molecule has 5 heteroatoms. The maximum atomic E-state index is 12.0. The standard InChI is InChI=1S/C16H31N3O2/c1-4-15(20)17(3)11-13-19(16(21)5-2)14-12-18-9-7-6-8-10-18/h4-14H2,1-3H3. The van der Waals surface area contributed by atoms with E-state index in [1.54, 1.807) is 4.90 Å². The summed E-state index contributed by atoms with van der Waals surface area (Å²) in [6.07, 6.45) is 4.93. The molecule has 0 radical (unpaired) electrons. The van der Waals surface area contributed by atoms with E-state index >= 15 is 0 Å². The third-order valence-electron chi connectivity index (χ3n) is 4.22. The summed E-state index contributed by atoms with van der Waals surface area (Å²) in [4.78, 5) is 29.7. The molecule has 0 aromatic carbocycles. The van der Waals surface area contributed by atoms with Crippen molar-refractivity contribution in [2.45, 2.75) is 46.0 Å². The van der Waals surface area contributed by atoms with E-state index in [4.69, 9.17) is 0 Å². The molecular weight excluding hydrogens is 266 g/mol. The SMILES string of the molecule is CCC(=O)N(C)CCN(CCN1CCCCC1)C(=O)CC. The Morgan fingerprint density at radius 2 is 1.52 bits per heavy atom. The normalized spacial score (nSPS) is 15.8. The van der Waals surface area contributed by atoms with Gasteiger partial charge in [-0.3, -0.25) is 9.59 Å². The van der Waals surface area contributed by atoms with Crippen LogP contribution in [0.2, 0.25) is 0 Å². The third-order valence-corrected chi connectivity index (χ3v) is 4.22. The number of likely N-dealkylation sites (tertiary alicyclic amines) is 1. The summed E-state index contributed by atoms with van der Waals surface area (Å²) < 4.78 is 0. The lowest BCUT2D eigenvalue weighted by Gasteiger charge is -2.31. The zero-order valence-electron chi connectivity index (χ0n) is 13.9. The lowest BCUT2D eigenvalue weighted by atomic mass is 10.1. The molecule has 1 aliphatic rings. The third kappa shape index (κ3) is 6.46. The first kappa shape index (κ1) is 18.0. The van der Waals surface area contributed by atoms with Crippen molar-refractivity contribution in [1.82, 2.24) is 14.7 Å². The quantitative estimate of drug-likeness (QED) is 0.683. The fourth-order valence-corrected chi connectivity index (χ4v) is 2.70. The highest BCUT2D eigenvalue weighted by atomic mass is 16.2. The van der Waals surface area contributed by atoms with Crippen molar-refractivity contribution in [3.05, 3.63) is 0 Å². The second-order valence-corrected chi connectivity index (χ2v) is 5.81. The van der Waals surface area contributed by atoms with Gasteiger partial charge in [0.25, 0.3) is 0 Å². The van der Waals surface area contributed by atoms with Crippen LogP contribution in [0.5, 0.6) is 0 Å². The Morgan fingerprint density at radius 3 is 2.10 bits per heavy atom. The highest BCUT2D eigenvalue weighted by Gasteiger charge is 2.16. The van der Waals surface area contributed by atoms with E-state index in [0.29, 0.717) is 25.9 Å². The van der Waals surface area contributed by atoms with Gasteiger partial charge in [-0.1, -0.05) is 20.3 Å². The van der Waals surface area contributed by atoms with E-state index in [1.807, 2.05) is 25.8 Å². The van der Waals surface area contributed by atoms with Crippen LogP contribution in [0.4, 0.5) is 0 Å². The molecular formula is C16H31N3O2. The van der Waals surface area contributed by atoms with Crippen LogP contribution in [0, 0.1) is 0 Å². The zero-order chi connectivity index (χ0) is 15.7. The monoisotopic (exact) mass is 297 g/mol. The Bertz CT molecular complexity index is 327. The summed E-state index contributed by atoms with van der Waals surface area (Å²) in [5.74, 6) is 0.319. The predicted molar refractivity (Wildman–Crippen MR) is 85.1 cm³/mol. The summed E-state index contributed by atoms with van der Waals surface area (Å²) in [5, 5.41) is 0. The molecule has 0 bridgehead atoms. The number of amides is 2. The first-order chi connectivity index (χ1) is 10.1. The molecule has 0 saturated carbocycles. The van der Waals surface area contributed by atoms with E-state index < -0.39 is 0 Å². The van der Waals surface area contributed by atoms with Gasteiger partial charge in [0.1, 0.15) is 0 Å². The summed E-state index contributed by atoms with van der Waals surface area (Å²) in [6, 6.07) is 0. The zero-order valence-corrected chi connectivity index (χ0v) is 13.9. The van der Waals surface area contributed by atoms with Crippen molar-refractivity contribution >= 4 is 11.8 Å². The summed E-state index contributed by atoms with van der Waals surface area (Å²) in [5.41, 5.74) is 0. The highest BCUT2D eigenvalue weighted by molar-refractivity contribution is 5.76. The van der Waals surface area contributed by atoms with Gasteiger partial charge >= 0.3 is 0 Å². The van der Waals surface area contributed by atoms with Crippen molar-refractivity contribution in [3.63, 3.8) is 0 Å². The number of likely N-dealkylation sites (N-methyl/N-ethyl adjacent to an activating group) is 1. The fourth-order valence-electron chi connectivity index (χ4n) is 2.70. The van der Waals surface area contributed by atoms with Crippen molar-refractivity contribution in [2.24, 2.45) is 0 Å². The Labute approximate surface area is 129 Å². The van der Waals surface area contributed by atoms with Gasteiger partial charge in [-0.25, -0.2) is 0 Å². The Balaban J connectivity index is 2.39. The second kappa shape index (κ2) is 9.77. The summed E-state index contributed by atoms with van der Waals surface area (Å²) >= 11 is 0. The molecule has 2 amide bonds. The summed E-state index contributed by atoms with van der Waals surface area (Å²) in [6.45, 7) is 9.07. The van der Waals surface area contributed by atoms with Crippen LogP contribution < -0.4 is 0 Å². The van der Waals surface area contributed by atoms with Gasteiger partial charge in [0.05, 0.1) is 0 Å². The van der Waals surface area contributed by atoms with Crippen molar-refractivity contribution in [1.29, 1.82) is 0 Å². The second-order valence-electron chi connectivity index (χ2n) is 5.81. The molecule has 5 nitrogen and oxygen atoms in total. The molecule has 0 aromatic rings. The van der Waals surface area contributed by atoms with Crippen LogP contribution in [-0.4, -0.2) is 72.8 Å². The van der Waals surface area contributed by atoms with Crippen LogP contribution in [0.1, 0.15) is 46.0 Å². The number of carbonyl (C=O) groups excluding carboxylic acids is 2. The maximum Gasteiger partial charge on any atom is 0.222 e. The molecule has 1 rings (SSSR count). The first-order valence-electron chi connectivity index (χ1n) is 8.32. The van der Waals surface area contributed by atoms with Gasteiger partial charge in [0, 0.05) is 46.1 Å². The van der Waals surface area contributed by atoms with E-state index in [-0.39, 0.29) is 11.8 Å². The van der Waals surface area contributed by atoms with Crippen LogP contribution in [-0.2, 0) is 9.59 Å². The average Bonchev–Trinajstić information content (AvgIpc) is 2.54. The number of hydrogen-bond acceptors (Lipinski definition) is 3. The summed E-state index contributed by atoms with van der Waals surface area (Å²) in [7, 11) is 1.81. The molecule has 0 unspecified atom stereocenters. The Morgan fingerprint density at radius 1 is 0.905 bits per heavy atom. The molecule has 1 heterocycles. The van der Waals surface area contributed by atoms with Crippen molar-refractivity contribution < 1.29 is 9.59 Å². The van der Waals surface area contributed by atoms with Crippen molar-refractivity contribution in [3.8, 4) is 0 Å². The molecule has 122 valence electrons. The van der Waals surface area contributed by atoms with Gasteiger partial charge < -0.3 is 14.7 Å². The van der Waals surface area contributed by atoms with E-state index in [2.05, 4.69) is 4.90 Å². The number of nitrogens with zero attached hydrogens (tertiary/aromatic N) is 3. The maximum absolute atomic E-state index is 12.0. The predicted octanol–water partition coefficient (Wildman–Crippen LogP) is 1.58. The molecule has 0 spiro atoms. The number of piperidine rings is 1. The van der Waals surface area contributed by atoms with Crippen molar-refractivity contribution in [2.75, 3.05) is 46.3 Å². The molecule has 1 fully saturated rings. The van der Waals surface area contributed by atoms with E-state index in [0.717, 1.165) is 26.2 Å². The molecule has 0 aliphatic carbocycles. The minimum atomic E-state index is 0.134. The minimum Gasteiger partial charge on any atom is -0.344 e. The molecule has 0 N–H and O–H groups in total. The number of hydrogen-bond donors (Lipinski definition) is 0. The van der Waals surface area contributed by atoms with Crippen LogP contribution in [0.25, 0.3) is 0 Å². The molecule has 1 saturated heterocycles. The molecule has 0 aromatic heterocycles. The first-order valence-corrected chi connectivity index (χ1v) is 8.32. The molecule has 1 aliphatic heterocycles. The van der Waals surface area contributed by atoms with Crippen LogP contribution in [0.15, 0.2) is 0 Å². The van der Waals surface area contributed by atoms with Gasteiger partial charge in [-0.05, 0) is 25.9 Å². The Hall–Kier alpha value is -1.10. The smallest absolute Gasteiger partial charge is 0.222 e. The topological polar surface area (TPSA) is 43.9 Å². The highest BCUT2D eigenvalue weighted by Crippen LogP contribution is 2.08. The average molecular weight is 297 g/mol. The van der Waals surface area contributed by atoms with E-state index in [9.17, 15) is 9.59 Å². The number of carbonyl (C=O) groups is 2. The number of rotatable bonds is 8. The lowest BCUT2D eigenvalue weighted by molar-refractivity contribution is -0.134. The largest absolute Gasteiger partial charge is 0.344 e. The van der Waals surface area contributed by atoms with Gasteiger partial charge in [-0.15, -0.1) is 0 Å². The molecule has 21 heavy (non-hydrogen) atoms. The fraction of sp³-hybridized carbons (Fsp3) is 0.875. The van der Waals surface area contributed by atoms with Crippen LogP contribution in [0.3, 0.4) is 0 Å². The van der Waals surface area contributed by atoms with Gasteiger partial charge in [0.2, 0.25) is 11.8 Å². The minimum absolute atomic E-state index is 0.134. The Kier molecular flexibility index (Phi) is 8.35. The van der Waals surface area contributed by atoms with Gasteiger partial charge in [-0.2, -0.15) is 0 Å².